The number of benzene rings is 1. The maximum Gasteiger partial charge on any atom is 0.307 e. The molecule has 1 aromatic rings. The number of carboxylic acid groups (broad SMARTS) is 1. The van der Waals surface area contributed by atoms with E-state index >= 15 is 0 Å². The second-order valence-electron chi connectivity index (χ2n) is 5.05. The first kappa shape index (κ1) is 15.6. The number of rotatable bonds is 5. The highest BCUT2D eigenvalue weighted by Crippen LogP contribution is 2.15. The molecule has 0 aliphatic carbocycles. The average Bonchev–Trinajstić information content (AvgIpc) is 2.47. The summed E-state index contributed by atoms with van der Waals surface area (Å²) >= 11 is 0. The van der Waals surface area contributed by atoms with Crippen molar-refractivity contribution in [1.29, 1.82) is 0 Å². The average molecular weight is 296 g/mol. The molecule has 1 atom stereocenters. The van der Waals surface area contributed by atoms with Crippen molar-refractivity contribution in [1.82, 2.24) is 10.4 Å². The first-order valence-electron chi connectivity index (χ1n) is 6.89. The van der Waals surface area contributed by atoms with Crippen molar-refractivity contribution in [3.05, 3.63) is 41.5 Å². The Morgan fingerprint density at radius 2 is 2.29 bits per heavy atom. The van der Waals surface area contributed by atoms with Gasteiger partial charge in [0.15, 0.2) is 0 Å². The summed E-state index contributed by atoms with van der Waals surface area (Å²) in [6.45, 7) is 1.67. The Kier molecular flexibility index (Phi) is 5.41. The highest BCUT2D eigenvalue weighted by Gasteiger charge is 2.24. The first-order valence-corrected chi connectivity index (χ1v) is 6.89. The first-order chi connectivity index (χ1) is 10.1. The number of aliphatic carboxylic acids is 1. The molecular weight excluding hydrogens is 278 g/mol. The van der Waals surface area contributed by atoms with Crippen LogP contribution in [0.4, 0.5) is 8.78 Å². The van der Waals surface area contributed by atoms with E-state index in [4.69, 9.17) is 5.11 Å². The lowest BCUT2D eigenvalue weighted by Crippen LogP contribution is -2.46. The number of hydrogen-bond acceptors (Lipinski definition) is 3. The molecule has 114 valence electrons. The lowest BCUT2D eigenvalue weighted by molar-refractivity contribution is -0.144. The summed E-state index contributed by atoms with van der Waals surface area (Å²) in [5.74, 6) is -2.09. The van der Waals surface area contributed by atoms with Gasteiger partial charge in [0.05, 0.1) is 5.92 Å². The fourth-order valence-corrected chi connectivity index (χ4v) is 2.33. The van der Waals surface area contributed by atoms with Gasteiger partial charge in [0.25, 0.3) is 0 Å². The Labute approximate surface area is 122 Å². The summed E-state index contributed by atoms with van der Waals surface area (Å²) < 4.78 is 26.4. The van der Waals surface area contributed by atoms with Gasteiger partial charge in [-0.05, 0) is 31.0 Å². The number of carbonyl (C=O) groups is 1. The second kappa shape index (κ2) is 7.28. The van der Waals surface area contributed by atoms with Gasteiger partial charge in [-0.2, -0.15) is 0 Å². The smallest absolute Gasteiger partial charge is 0.307 e. The molecule has 1 aliphatic heterocycles. The van der Waals surface area contributed by atoms with Crippen molar-refractivity contribution in [2.75, 3.05) is 19.6 Å². The quantitative estimate of drug-likeness (QED) is 0.875. The van der Waals surface area contributed by atoms with E-state index in [0.717, 1.165) is 31.2 Å². The summed E-state index contributed by atoms with van der Waals surface area (Å²) in [4.78, 5) is 10.9. The molecule has 6 heteroatoms. The highest BCUT2D eigenvalue weighted by atomic mass is 19.1. The minimum Gasteiger partial charge on any atom is -0.481 e. The third-order valence-corrected chi connectivity index (χ3v) is 3.46. The molecule has 0 bridgehead atoms. The Hall–Kier alpha value is -1.79. The van der Waals surface area contributed by atoms with E-state index in [1.54, 1.807) is 6.08 Å². The van der Waals surface area contributed by atoms with Crippen LogP contribution in [0.15, 0.2) is 24.3 Å². The number of hydrazine groups is 1. The van der Waals surface area contributed by atoms with Gasteiger partial charge >= 0.3 is 5.97 Å². The molecule has 0 radical (unpaired) electrons. The molecule has 1 fully saturated rings. The van der Waals surface area contributed by atoms with Gasteiger partial charge < -0.3 is 5.11 Å². The fraction of sp³-hybridized carbons (Fsp3) is 0.400. The van der Waals surface area contributed by atoms with E-state index in [1.165, 1.54) is 6.08 Å². The molecule has 1 heterocycles. The molecule has 0 spiro atoms. The van der Waals surface area contributed by atoms with Crippen molar-refractivity contribution in [3.8, 4) is 0 Å². The Morgan fingerprint density at radius 1 is 1.48 bits per heavy atom. The summed E-state index contributed by atoms with van der Waals surface area (Å²) in [5.41, 5.74) is 3.27. The molecule has 0 saturated carbocycles. The topological polar surface area (TPSA) is 52.6 Å². The van der Waals surface area contributed by atoms with Gasteiger partial charge in [-0.25, -0.2) is 13.8 Å². The van der Waals surface area contributed by atoms with Crippen LogP contribution in [-0.4, -0.2) is 35.7 Å². The summed E-state index contributed by atoms with van der Waals surface area (Å²) in [5, 5.41) is 10.8. The number of carboxylic acids is 1. The van der Waals surface area contributed by atoms with E-state index in [0.29, 0.717) is 19.5 Å². The standard InChI is InChI=1S/C15H18F2N2O2/c16-13-5-6-14(17)11(9-13)3-1-7-18-19-8-2-4-12(10-19)15(20)21/h1,3,5-6,9,12,18H,2,4,7-8,10H2,(H,20,21)/b3-1+. The minimum atomic E-state index is -0.779. The van der Waals surface area contributed by atoms with Crippen LogP contribution in [0.2, 0.25) is 0 Å². The van der Waals surface area contributed by atoms with Crippen LogP contribution >= 0.6 is 0 Å². The monoisotopic (exact) mass is 296 g/mol. The van der Waals surface area contributed by atoms with E-state index in [-0.39, 0.29) is 11.5 Å². The molecule has 21 heavy (non-hydrogen) atoms. The molecule has 4 nitrogen and oxygen atoms in total. The van der Waals surface area contributed by atoms with Crippen LogP contribution in [0.1, 0.15) is 18.4 Å². The number of nitrogens with zero attached hydrogens (tertiary/aromatic N) is 1. The van der Waals surface area contributed by atoms with Gasteiger partial charge in [-0.1, -0.05) is 12.2 Å². The molecule has 1 aliphatic rings. The van der Waals surface area contributed by atoms with Crippen molar-refractivity contribution in [2.24, 2.45) is 5.92 Å². The van der Waals surface area contributed by atoms with Crippen LogP contribution < -0.4 is 5.43 Å². The van der Waals surface area contributed by atoms with Gasteiger partial charge in [-0.15, -0.1) is 0 Å². The summed E-state index contributed by atoms with van der Waals surface area (Å²) in [6, 6.07) is 3.29. The third-order valence-electron chi connectivity index (χ3n) is 3.46. The molecule has 1 unspecified atom stereocenters. The Balaban J connectivity index is 1.82. The largest absolute Gasteiger partial charge is 0.481 e. The minimum absolute atomic E-state index is 0.193. The molecule has 1 aromatic carbocycles. The SMILES string of the molecule is O=C(O)C1CCCN(NC/C=C/c2cc(F)ccc2F)C1. The second-order valence-corrected chi connectivity index (χ2v) is 5.05. The van der Waals surface area contributed by atoms with Gasteiger partial charge in [0.1, 0.15) is 11.6 Å². The Morgan fingerprint density at radius 3 is 3.05 bits per heavy atom. The zero-order valence-corrected chi connectivity index (χ0v) is 11.6. The maximum absolute atomic E-state index is 13.4. The number of halogens is 2. The van der Waals surface area contributed by atoms with Crippen LogP contribution in [0.3, 0.4) is 0 Å². The highest BCUT2D eigenvalue weighted by molar-refractivity contribution is 5.70. The van der Waals surface area contributed by atoms with Crippen molar-refractivity contribution in [2.45, 2.75) is 12.8 Å². The zero-order chi connectivity index (χ0) is 15.2. The van der Waals surface area contributed by atoms with Crippen LogP contribution in [0, 0.1) is 17.6 Å². The van der Waals surface area contributed by atoms with Crippen LogP contribution in [-0.2, 0) is 4.79 Å². The van der Waals surface area contributed by atoms with E-state index in [2.05, 4.69) is 5.43 Å². The van der Waals surface area contributed by atoms with Crippen LogP contribution in [0.25, 0.3) is 6.08 Å². The van der Waals surface area contributed by atoms with Gasteiger partial charge in [0.2, 0.25) is 0 Å². The lowest BCUT2D eigenvalue weighted by atomic mass is 10.00. The molecule has 0 aromatic heterocycles. The Bertz CT molecular complexity index is 534. The van der Waals surface area contributed by atoms with E-state index in [9.17, 15) is 13.6 Å². The van der Waals surface area contributed by atoms with E-state index in [1.807, 2.05) is 5.01 Å². The molecule has 2 N–H and O–H groups in total. The maximum atomic E-state index is 13.4. The molecular formula is C15H18F2N2O2. The van der Waals surface area contributed by atoms with Crippen molar-refractivity contribution in [3.63, 3.8) is 0 Å². The summed E-state index contributed by atoms with van der Waals surface area (Å²) in [7, 11) is 0. The molecule has 2 rings (SSSR count). The molecule has 1 saturated heterocycles. The normalized spacial score (nSPS) is 20.0. The predicted octanol–water partition coefficient (Wildman–Crippen LogP) is 2.28. The zero-order valence-electron chi connectivity index (χ0n) is 11.6. The number of piperidine rings is 1. The summed E-state index contributed by atoms with van der Waals surface area (Å²) in [6.07, 6.45) is 4.70. The third kappa shape index (κ3) is 4.61. The fourth-order valence-electron chi connectivity index (χ4n) is 2.33. The van der Waals surface area contributed by atoms with Crippen LogP contribution in [0.5, 0.6) is 0 Å². The number of nitrogens with one attached hydrogen (secondary N) is 1. The van der Waals surface area contributed by atoms with E-state index < -0.39 is 17.6 Å². The predicted molar refractivity (Wildman–Crippen MR) is 75.3 cm³/mol. The lowest BCUT2D eigenvalue weighted by Gasteiger charge is -2.30. The van der Waals surface area contributed by atoms with Gasteiger partial charge in [0, 0.05) is 25.2 Å². The molecule has 0 amide bonds. The van der Waals surface area contributed by atoms with Gasteiger partial charge in [-0.3, -0.25) is 10.2 Å². The number of hydrogen-bond donors (Lipinski definition) is 2. The van der Waals surface area contributed by atoms with Crippen molar-refractivity contribution >= 4 is 12.0 Å². The van der Waals surface area contributed by atoms with Crippen molar-refractivity contribution < 1.29 is 18.7 Å².